The lowest BCUT2D eigenvalue weighted by Crippen LogP contribution is -2.36. The Morgan fingerprint density at radius 2 is 1.82 bits per heavy atom. The molecule has 2 N–H and O–H groups in total. The predicted octanol–water partition coefficient (Wildman–Crippen LogP) is 3.94. The van der Waals surface area contributed by atoms with Crippen LogP contribution in [-0.2, 0) is 24.4 Å². The number of benzene rings is 2. The number of nitrogens with one attached hydrogen (secondary N) is 2. The zero-order valence-electron chi connectivity index (χ0n) is 18.6. The summed E-state index contributed by atoms with van der Waals surface area (Å²) in [7, 11) is 0. The van der Waals surface area contributed by atoms with Crippen molar-refractivity contribution in [3.05, 3.63) is 94.7 Å². The van der Waals surface area contributed by atoms with E-state index in [4.69, 9.17) is 4.42 Å². The number of hydrogen-bond donors (Lipinski definition) is 2. The first-order valence-corrected chi connectivity index (χ1v) is 11.1. The van der Waals surface area contributed by atoms with Gasteiger partial charge in [-0.25, -0.2) is 4.39 Å². The highest BCUT2D eigenvalue weighted by atomic mass is 19.1. The monoisotopic (exact) mass is 449 g/mol. The molecule has 0 saturated heterocycles. The van der Waals surface area contributed by atoms with Crippen molar-refractivity contribution in [1.82, 2.24) is 15.5 Å². The summed E-state index contributed by atoms with van der Waals surface area (Å²) in [5.74, 6) is 0.319. The van der Waals surface area contributed by atoms with Crippen LogP contribution in [0.2, 0.25) is 0 Å². The molecule has 0 aliphatic heterocycles. The molecule has 1 fully saturated rings. The fourth-order valence-corrected chi connectivity index (χ4v) is 3.58. The number of halogens is 1. The molecule has 1 aliphatic rings. The van der Waals surface area contributed by atoms with Gasteiger partial charge in [-0.05, 0) is 66.8 Å². The predicted molar refractivity (Wildman–Crippen MR) is 123 cm³/mol. The minimum absolute atomic E-state index is 0.0492. The molecule has 0 bridgehead atoms. The lowest BCUT2D eigenvalue weighted by atomic mass is 10.1. The van der Waals surface area contributed by atoms with Gasteiger partial charge in [-0.1, -0.05) is 24.3 Å². The van der Waals surface area contributed by atoms with Gasteiger partial charge < -0.3 is 15.1 Å². The van der Waals surface area contributed by atoms with Crippen molar-refractivity contribution >= 4 is 11.8 Å². The van der Waals surface area contributed by atoms with Crippen molar-refractivity contribution < 1.29 is 18.4 Å². The largest absolute Gasteiger partial charge is 0.468 e. The molecule has 6 nitrogen and oxygen atoms in total. The number of carbonyl (C=O) groups is 2. The Bertz CT molecular complexity index is 1090. The minimum atomic E-state index is -0.259. The summed E-state index contributed by atoms with van der Waals surface area (Å²) in [5.41, 5.74) is 3.03. The van der Waals surface area contributed by atoms with Crippen LogP contribution in [0, 0.1) is 12.7 Å². The molecule has 0 radical (unpaired) electrons. The van der Waals surface area contributed by atoms with Crippen LogP contribution >= 0.6 is 0 Å². The van der Waals surface area contributed by atoms with Crippen LogP contribution in [0.1, 0.15) is 45.7 Å². The zero-order valence-corrected chi connectivity index (χ0v) is 18.6. The second kappa shape index (κ2) is 10.4. The maximum absolute atomic E-state index is 13.5. The van der Waals surface area contributed by atoms with Crippen molar-refractivity contribution in [2.24, 2.45) is 0 Å². The number of aryl methyl sites for hydroxylation is 1. The Morgan fingerprint density at radius 3 is 2.48 bits per heavy atom. The Balaban J connectivity index is 1.36. The summed E-state index contributed by atoms with van der Waals surface area (Å²) in [6.07, 6.45) is 3.71. The smallest absolute Gasteiger partial charge is 0.251 e. The number of rotatable bonds is 10. The third kappa shape index (κ3) is 6.76. The Hall–Kier alpha value is -3.45. The third-order valence-corrected chi connectivity index (χ3v) is 5.57. The van der Waals surface area contributed by atoms with Gasteiger partial charge in [0, 0.05) is 24.7 Å². The summed E-state index contributed by atoms with van der Waals surface area (Å²) in [5, 5.41) is 5.89. The molecule has 0 unspecified atom stereocenters. The van der Waals surface area contributed by atoms with E-state index < -0.39 is 0 Å². The van der Waals surface area contributed by atoms with Crippen LogP contribution in [0.4, 0.5) is 4.39 Å². The molecule has 2 aromatic carbocycles. The Morgan fingerprint density at radius 1 is 1.06 bits per heavy atom. The van der Waals surface area contributed by atoms with Crippen LogP contribution in [0.3, 0.4) is 0 Å². The standard InChI is InChI=1S/C26H28FN3O3/c1-18-13-20(6-11-24(18)27)14-28-25(31)17-30(16-23-3-2-12-33-23)15-19-4-7-21(8-5-19)26(32)29-22-9-10-22/h2-8,11-13,22H,9-10,14-17H2,1H3,(H,28,31)(H,29,32). The number of amides is 2. The van der Waals surface area contributed by atoms with Gasteiger partial charge in [0.25, 0.3) is 5.91 Å². The summed E-state index contributed by atoms with van der Waals surface area (Å²) < 4.78 is 18.9. The zero-order chi connectivity index (χ0) is 23.2. The summed E-state index contributed by atoms with van der Waals surface area (Å²) in [4.78, 5) is 26.8. The fourth-order valence-electron chi connectivity index (χ4n) is 3.58. The quantitative estimate of drug-likeness (QED) is 0.492. The Kier molecular flexibility index (Phi) is 7.19. The molecule has 7 heteroatoms. The molecule has 3 aromatic rings. The van der Waals surface area contributed by atoms with Crippen molar-refractivity contribution in [2.75, 3.05) is 6.54 Å². The SMILES string of the molecule is Cc1cc(CNC(=O)CN(Cc2ccc(C(=O)NC3CC3)cc2)Cc2ccco2)ccc1F. The van der Waals surface area contributed by atoms with Gasteiger partial charge in [0.15, 0.2) is 0 Å². The average Bonchev–Trinajstić information content (AvgIpc) is 3.46. The molecule has 172 valence electrons. The lowest BCUT2D eigenvalue weighted by Gasteiger charge is -2.21. The maximum Gasteiger partial charge on any atom is 0.251 e. The molecule has 1 saturated carbocycles. The first-order chi connectivity index (χ1) is 16.0. The van der Waals surface area contributed by atoms with E-state index in [-0.39, 0.29) is 24.2 Å². The van der Waals surface area contributed by atoms with Crippen molar-refractivity contribution in [3.63, 3.8) is 0 Å². The topological polar surface area (TPSA) is 74.6 Å². The summed E-state index contributed by atoms with van der Waals surface area (Å²) in [6.45, 7) is 3.20. The van der Waals surface area contributed by atoms with Gasteiger partial charge in [-0.15, -0.1) is 0 Å². The highest BCUT2D eigenvalue weighted by Crippen LogP contribution is 2.19. The van der Waals surface area contributed by atoms with Crippen LogP contribution < -0.4 is 10.6 Å². The molecule has 2 amide bonds. The number of carbonyl (C=O) groups excluding carboxylic acids is 2. The van der Waals surface area contributed by atoms with Gasteiger partial charge in [0.05, 0.1) is 19.4 Å². The lowest BCUT2D eigenvalue weighted by molar-refractivity contribution is -0.122. The van der Waals surface area contributed by atoms with Gasteiger partial charge in [-0.2, -0.15) is 0 Å². The van der Waals surface area contributed by atoms with Crippen molar-refractivity contribution in [2.45, 2.75) is 45.4 Å². The summed E-state index contributed by atoms with van der Waals surface area (Å²) >= 11 is 0. The van der Waals surface area contributed by atoms with Gasteiger partial charge in [-0.3, -0.25) is 14.5 Å². The fraction of sp³-hybridized carbons (Fsp3) is 0.308. The normalized spacial score (nSPS) is 13.2. The van der Waals surface area contributed by atoms with E-state index in [1.807, 2.05) is 41.3 Å². The van der Waals surface area contributed by atoms with Crippen LogP contribution in [0.15, 0.2) is 65.3 Å². The number of hydrogen-bond acceptors (Lipinski definition) is 4. The van der Waals surface area contributed by atoms with E-state index in [1.165, 1.54) is 6.07 Å². The van der Waals surface area contributed by atoms with E-state index in [1.54, 1.807) is 25.3 Å². The molecular formula is C26H28FN3O3. The second-order valence-electron chi connectivity index (χ2n) is 8.53. The molecule has 1 aromatic heterocycles. The van der Waals surface area contributed by atoms with Crippen LogP contribution in [-0.4, -0.2) is 29.3 Å². The first kappa shape index (κ1) is 22.7. The highest BCUT2D eigenvalue weighted by Gasteiger charge is 2.23. The average molecular weight is 450 g/mol. The van der Waals surface area contributed by atoms with Gasteiger partial charge in [0.2, 0.25) is 5.91 Å². The van der Waals surface area contributed by atoms with E-state index in [0.717, 1.165) is 29.7 Å². The van der Waals surface area contributed by atoms with Gasteiger partial charge in [0.1, 0.15) is 11.6 Å². The summed E-state index contributed by atoms with van der Waals surface area (Å²) in [6, 6.07) is 16.3. The third-order valence-electron chi connectivity index (χ3n) is 5.57. The maximum atomic E-state index is 13.5. The highest BCUT2D eigenvalue weighted by molar-refractivity contribution is 5.94. The molecule has 1 heterocycles. The van der Waals surface area contributed by atoms with E-state index in [2.05, 4.69) is 10.6 Å². The van der Waals surface area contributed by atoms with E-state index >= 15 is 0 Å². The molecule has 0 atom stereocenters. The molecule has 33 heavy (non-hydrogen) atoms. The molecule has 0 spiro atoms. The van der Waals surface area contributed by atoms with Crippen LogP contribution in [0.25, 0.3) is 0 Å². The van der Waals surface area contributed by atoms with Crippen LogP contribution in [0.5, 0.6) is 0 Å². The van der Waals surface area contributed by atoms with Crippen molar-refractivity contribution in [1.29, 1.82) is 0 Å². The van der Waals surface area contributed by atoms with E-state index in [9.17, 15) is 14.0 Å². The second-order valence-corrected chi connectivity index (χ2v) is 8.53. The minimum Gasteiger partial charge on any atom is -0.468 e. The number of furan rings is 1. The molecule has 4 rings (SSSR count). The van der Waals surface area contributed by atoms with Gasteiger partial charge >= 0.3 is 0 Å². The Labute approximate surface area is 192 Å². The number of nitrogens with zero attached hydrogens (tertiary/aromatic N) is 1. The first-order valence-electron chi connectivity index (χ1n) is 11.1. The molecule has 1 aliphatic carbocycles. The molecular weight excluding hydrogens is 421 g/mol. The van der Waals surface area contributed by atoms with Crippen molar-refractivity contribution in [3.8, 4) is 0 Å². The van der Waals surface area contributed by atoms with E-state index in [0.29, 0.717) is 36.8 Å².